The summed E-state index contributed by atoms with van der Waals surface area (Å²) in [5, 5.41) is 8.23. The van der Waals surface area contributed by atoms with Crippen molar-refractivity contribution in [3.63, 3.8) is 0 Å². The van der Waals surface area contributed by atoms with E-state index in [-0.39, 0.29) is 5.41 Å². The molecular weight excluding hydrogens is 675 g/mol. The molecule has 7 aromatic carbocycles. The second-order valence-electron chi connectivity index (χ2n) is 13.0. The van der Waals surface area contributed by atoms with Crippen LogP contribution in [0.25, 0.3) is 65.7 Å². The van der Waals surface area contributed by atoms with Gasteiger partial charge in [0.25, 0.3) is 0 Å². The summed E-state index contributed by atoms with van der Waals surface area (Å²) in [6.45, 7) is 9.28. The van der Waals surface area contributed by atoms with Crippen LogP contribution in [0.15, 0.2) is 133 Å². The van der Waals surface area contributed by atoms with Crippen LogP contribution in [0.3, 0.4) is 0 Å². The number of hydrogen-bond acceptors (Lipinski definition) is 1. The van der Waals surface area contributed by atoms with Crippen LogP contribution in [0.1, 0.15) is 44.1 Å². The van der Waals surface area contributed by atoms with Crippen molar-refractivity contribution in [3.05, 3.63) is 145 Å². The first kappa shape index (κ1) is 30.1. The Morgan fingerprint density at radius 1 is 0.556 bits per heavy atom. The van der Waals surface area contributed by atoms with E-state index in [0.717, 1.165) is 3.76 Å². The topological polar surface area (TPSA) is 0 Å². The smallest absolute Gasteiger partial charge is 0.0460 e. The molecule has 0 saturated carbocycles. The van der Waals surface area contributed by atoms with Crippen LogP contribution >= 0.6 is 34.4 Å². The molecule has 0 aliphatic rings. The zero-order chi connectivity index (χ0) is 31.1. The van der Waals surface area contributed by atoms with Crippen LogP contribution in [-0.4, -0.2) is 3.76 Å². The summed E-state index contributed by atoms with van der Waals surface area (Å²) in [5.41, 5.74) is 10.4. The lowest BCUT2D eigenvalue weighted by Gasteiger charge is -2.24. The van der Waals surface area contributed by atoms with Crippen molar-refractivity contribution >= 4 is 66.7 Å². The van der Waals surface area contributed by atoms with E-state index < -0.39 is 0 Å². The van der Waals surface area contributed by atoms with Gasteiger partial charge in [0.15, 0.2) is 0 Å². The van der Waals surface area contributed by atoms with Crippen molar-refractivity contribution < 1.29 is 0 Å². The molecule has 0 aromatic heterocycles. The maximum atomic E-state index is 2.48. The Hall–Kier alpha value is -3.60. The van der Waals surface area contributed by atoms with E-state index in [9.17, 15) is 0 Å². The van der Waals surface area contributed by atoms with E-state index in [2.05, 4.69) is 184 Å². The van der Waals surface area contributed by atoms with E-state index in [1.54, 1.807) is 0 Å². The number of thioether (sulfide) groups is 1. The summed E-state index contributed by atoms with van der Waals surface area (Å²) in [6, 6.07) is 49.9. The van der Waals surface area contributed by atoms with E-state index >= 15 is 0 Å². The van der Waals surface area contributed by atoms with Crippen molar-refractivity contribution in [2.75, 3.05) is 3.76 Å². The fourth-order valence-electron chi connectivity index (χ4n) is 6.66. The van der Waals surface area contributed by atoms with Gasteiger partial charge in [0.2, 0.25) is 0 Å². The SMILES string of the molecule is CC(SCI)c1ccc2c(-c3cccc4ccccc34)c3cc(C(C)(C)C)ccc3c(-c3ccc(-c4ccccc4)cc3)c2c1. The lowest BCUT2D eigenvalue weighted by Crippen LogP contribution is -2.10. The largest absolute Gasteiger partial charge is 0.143 e. The molecule has 7 aromatic rings. The van der Waals surface area contributed by atoms with Crippen molar-refractivity contribution in [1.29, 1.82) is 0 Å². The third kappa shape index (κ3) is 5.68. The highest BCUT2D eigenvalue weighted by Crippen LogP contribution is 2.47. The number of rotatable bonds is 6. The second kappa shape index (κ2) is 12.3. The van der Waals surface area contributed by atoms with Crippen molar-refractivity contribution in [1.82, 2.24) is 0 Å². The molecule has 0 fully saturated rings. The van der Waals surface area contributed by atoms with E-state index in [1.807, 2.05) is 11.8 Å². The highest BCUT2D eigenvalue weighted by Gasteiger charge is 2.22. The Labute approximate surface area is 285 Å². The predicted octanol–water partition coefficient (Wildman–Crippen LogP) is 13.6. The normalized spacial score (nSPS) is 12.6. The Kier molecular flexibility index (Phi) is 8.22. The van der Waals surface area contributed by atoms with Gasteiger partial charge in [-0.25, -0.2) is 0 Å². The van der Waals surface area contributed by atoms with E-state index in [1.165, 1.54) is 76.8 Å². The quantitative estimate of drug-likeness (QED) is 0.0940. The van der Waals surface area contributed by atoms with Crippen LogP contribution in [0.5, 0.6) is 0 Å². The maximum absolute atomic E-state index is 2.48. The zero-order valence-electron chi connectivity index (χ0n) is 26.3. The highest BCUT2D eigenvalue weighted by atomic mass is 127. The van der Waals surface area contributed by atoms with E-state index in [4.69, 9.17) is 0 Å². The minimum absolute atomic E-state index is 0.0343. The van der Waals surface area contributed by atoms with E-state index in [0.29, 0.717) is 5.25 Å². The van der Waals surface area contributed by atoms with Gasteiger partial charge in [-0.05, 0) is 101 Å². The van der Waals surface area contributed by atoms with Crippen molar-refractivity contribution in [2.24, 2.45) is 0 Å². The summed E-state index contributed by atoms with van der Waals surface area (Å²) in [6.07, 6.45) is 0. The van der Waals surface area contributed by atoms with Gasteiger partial charge in [-0.15, -0.1) is 11.8 Å². The second-order valence-corrected chi connectivity index (χ2v) is 16.1. The fourth-order valence-corrected chi connectivity index (χ4v) is 8.81. The molecule has 0 saturated heterocycles. The molecule has 0 aliphatic carbocycles. The number of alkyl halides is 1. The Balaban J connectivity index is 1.61. The molecule has 0 heterocycles. The maximum Gasteiger partial charge on any atom is 0.0460 e. The third-order valence-corrected chi connectivity index (χ3v) is 11.1. The summed E-state index contributed by atoms with van der Waals surface area (Å²) in [4.78, 5) is 0. The van der Waals surface area contributed by atoms with Crippen LogP contribution in [-0.2, 0) is 5.41 Å². The number of benzene rings is 7. The molecule has 2 heteroatoms. The summed E-state index contributed by atoms with van der Waals surface area (Å²) in [7, 11) is 0. The molecule has 0 aliphatic heterocycles. The first-order valence-corrected chi connectivity index (χ1v) is 18.3. The lowest BCUT2D eigenvalue weighted by molar-refractivity contribution is 0.591. The molecule has 0 amide bonds. The molecule has 0 N–H and O–H groups in total. The highest BCUT2D eigenvalue weighted by molar-refractivity contribution is 14.1. The number of hydrogen-bond donors (Lipinski definition) is 0. The fraction of sp³-hybridized carbons (Fsp3) is 0.163. The van der Waals surface area contributed by atoms with Gasteiger partial charge in [0.1, 0.15) is 0 Å². The molecule has 45 heavy (non-hydrogen) atoms. The van der Waals surface area contributed by atoms with Crippen molar-refractivity contribution in [3.8, 4) is 33.4 Å². The van der Waals surface area contributed by atoms with Crippen LogP contribution in [0.4, 0.5) is 0 Å². The minimum Gasteiger partial charge on any atom is -0.143 e. The average Bonchev–Trinajstić information content (AvgIpc) is 3.06. The van der Waals surface area contributed by atoms with Crippen molar-refractivity contribution in [2.45, 2.75) is 38.4 Å². The summed E-state index contributed by atoms with van der Waals surface area (Å²) >= 11 is 4.47. The lowest BCUT2D eigenvalue weighted by atomic mass is 9.80. The van der Waals surface area contributed by atoms with Gasteiger partial charge in [-0.2, -0.15) is 0 Å². The average molecular weight is 713 g/mol. The molecule has 1 unspecified atom stereocenters. The van der Waals surface area contributed by atoms with Crippen LogP contribution < -0.4 is 0 Å². The monoisotopic (exact) mass is 712 g/mol. The predicted molar refractivity (Wildman–Crippen MR) is 209 cm³/mol. The Morgan fingerprint density at radius 3 is 1.93 bits per heavy atom. The standard InChI is InChI=1S/C43H37IS/c1-28(45-27-44)33-21-23-38-39(25-33)41(32-19-17-30(18-20-32)29-11-6-5-7-12-29)37-24-22-34(43(2,3)4)26-40(37)42(38)36-16-10-14-31-13-8-9-15-35(31)36/h5-26,28H,27H2,1-4H3. The molecular formula is C43H37IS. The molecule has 0 spiro atoms. The first-order chi connectivity index (χ1) is 21.8. The summed E-state index contributed by atoms with van der Waals surface area (Å²) < 4.78 is 1.07. The molecule has 1 atom stereocenters. The van der Waals surface area contributed by atoms with Crippen LogP contribution in [0, 0.1) is 0 Å². The molecule has 0 nitrogen and oxygen atoms in total. The van der Waals surface area contributed by atoms with Gasteiger partial charge < -0.3 is 0 Å². The van der Waals surface area contributed by atoms with Gasteiger partial charge in [-0.1, -0.05) is 165 Å². The third-order valence-electron chi connectivity index (χ3n) is 9.13. The van der Waals surface area contributed by atoms with Crippen LogP contribution in [0.2, 0.25) is 0 Å². The van der Waals surface area contributed by atoms with Gasteiger partial charge in [0.05, 0.1) is 0 Å². The zero-order valence-corrected chi connectivity index (χ0v) is 29.2. The van der Waals surface area contributed by atoms with Gasteiger partial charge in [-0.3, -0.25) is 0 Å². The molecule has 222 valence electrons. The Morgan fingerprint density at radius 2 is 1.18 bits per heavy atom. The molecule has 0 radical (unpaired) electrons. The Bertz CT molecular complexity index is 2150. The minimum atomic E-state index is 0.0343. The number of fused-ring (bicyclic) bond motifs is 3. The number of halogens is 1. The molecule has 0 bridgehead atoms. The molecule has 7 rings (SSSR count). The first-order valence-electron chi connectivity index (χ1n) is 15.7. The summed E-state index contributed by atoms with van der Waals surface area (Å²) in [5.74, 6) is 0. The van der Waals surface area contributed by atoms with Gasteiger partial charge in [0, 0.05) is 9.01 Å². The van der Waals surface area contributed by atoms with Gasteiger partial charge >= 0.3 is 0 Å².